The predicted octanol–water partition coefficient (Wildman–Crippen LogP) is 1.37. The van der Waals surface area contributed by atoms with Crippen molar-refractivity contribution in [3.63, 3.8) is 0 Å². The molecule has 0 aromatic carbocycles. The molecule has 0 radical (unpaired) electrons. The molecule has 0 heterocycles. The van der Waals surface area contributed by atoms with Crippen LogP contribution in [-0.2, 0) is 14.3 Å². The lowest BCUT2D eigenvalue weighted by Crippen LogP contribution is -2.49. The van der Waals surface area contributed by atoms with Gasteiger partial charge in [-0.15, -0.1) is 0 Å². The van der Waals surface area contributed by atoms with Gasteiger partial charge in [0.25, 0.3) is 0 Å². The summed E-state index contributed by atoms with van der Waals surface area (Å²) >= 11 is 0. The van der Waals surface area contributed by atoms with Gasteiger partial charge in [-0.3, -0.25) is 4.79 Å². The number of nitrogens with zero attached hydrogens (tertiary/aromatic N) is 1. The molecule has 1 fully saturated rings. The second-order valence-electron chi connectivity index (χ2n) is 5.23. The van der Waals surface area contributed by atoms with Crippen LogP contribution < -0.4 is 5.32 Å². The van der Waals surface area contributed by atoms with Crippen LogP contribution in [0.25, 0.3) is 0 Å². The van der Waals surface area contributed by atoms with Crippen molar-refractivity contribution < 1.29 is 24.2 Å². The maximum absolute atomic E-state index is 12.2. The molecule has 0 aromatic heterocycles. The third-order valence-corrected chi connectivity index (χ3v) is 3.46. The second kappa shape index (κ2) is 8.49. The third kappa shape index (κ3) is 6.01. The van der Waals surface area contributed by atoms with Crippen LogP contribution in [0.1, 0.15) is 45.4 Å². The van der Waals surface area contributed by atoms with Crippen molar-refractivity contribution in [2.45, 2.75) is 57.5 Å². The summed E-state index contributed by atoms with van der Waals surface area (Å²) in [5.41, 5.74) is 0. The van der Waals surface area contributed by atoms with Gasteiger partial charge in [0.1, 0.15) is 6.04 Å². The fourth-order valence-corrected chi connectivity index (χ4v) is 2.02. The van der Waals surface area contributed by atoms with Crippen molar-refractivity contribution in [3.8, 4) is 0 Å². The highest BCUT2D eigenvalue weighted by molar-refractivity contribution is 5.83. The Hall–Kier alpha value is -1.79. The summed E-state index contributed by atoms with van der Waals surface area (Å²) in [5.74, 6) is -1.63. The van der Waals surface area contributed by atoms with Crippen LogP contribution in [-0.4, -0.2) is 53.7 Å². The molecule has 1 aliphatic carbocycles. The van der Waals surface area contributed by atoms with E-state index in [2.05, 4.69) is 10.1 Å². The second-order valence-corrected chi connectivity index (χ2v) is 5.23. The zero-order valence-electron chi connectivity index (χ0n) is 12.6. The number of aliphatic carboxylic acids is 1. The maximum atomic E-state index is 12.2. The van der Waals surface area contributed by atoms with Crippen molar-refractivity contribution in [1.29, 1.82) is 0 Å². The highest BCUT2D eigenvalue weighted by Crippen LogP contribution is 2.27. The topological polar surface area (TPSA) is 95.9 Å². The van der Waals surface area contributed by atoms with Gasteiger partial charge >= 0.3 is 18.0 Å². The molecule has 0 bridgehead atoms. The zero-order chi connectivity index (χ0) is 15.8. The average molecular weight is 300 g/mol. The van der Waals surface area contributed by atoms with Gasteiger partial charge in [0.15, 0.2) is 0 Å². The number of amides is 2. The smallest absolute Gasteiger partial charge is 0.326 e. The van der Waals surface area contributed by atoms with E-state index in [1.165, 1.54) is 7.11 Å². The van der Waals surface area contributed by atoms with Crippen LogP contribution in [0.4, 0.5) is 4.79 Å². The molecule has 21 heavy (non-hydrogen) atoms. The number of carbonyl (C=O) groups excluding carboxylic acids is 2. The van der Waals surface area contributed by atoms with Gasteiger partial charge in [-0.2, -0.15) is 0 Å². The fraction of sp³-hybridized carbons (Fsp3) is 0.786. The quantitative estimate of drug-likeness (QED) is 0.627. The lowest BCUT2D eigenvalue weighted by molar-refractivity contribution is -0.142. The summed E-state index contributed by atoms with van der Waals surface area (Å²) in [6, 6.07) is -1.20. The van der Waals surface area contributed by atoms with E-state index in [4.69, 9.17) is 5.11 Å². The normalized spacial score (nSPS) is 15.1. The molecule has 0 aliphatic heterocycles. The first-order valence-corrected chi connectivity index (χ1v) is 7.36. The molecule has 2 amide bonds. The minimum atomic E-state index is -1.14. The standard InChI is InChI=1S/C14H24N2O5/c1-3-4-9-16(10-5-6-10)14(20)15-11(13(18)19)7-8-12(17)21-2/h10-11H,3-9H2,1-2H3,(H,15,20)(H,18,19)/t11-/m0/s1. The lowest BCUT2D eigenvalue weighted by Gasteiger charge is -2.25. The Kier molecular flexibility index (Phi) is 6.98. The molecule has 1 aliphatic rings. The van der Waals surface area contributed by atoms with Crippen LogP contribution in [0.15, 0.2) is 0 Å². The Balaban J connectivity index is 2.53. The summed E-state index contributed by atoms with van der Waals surface area (Å²) in [6.45, 7) is 2.68. The predicted molar refractivity (Wildman–Crippen MR) is 75.8 cm³/mol. The first kappa shape index (κ1) is 17.3. The molecule has 7 heteroatoms. The van der Waals surface area contributed by atoms with E-state index in [-0.39, 0.29) is 24.9 Å². The number of urea groups is 1. The summed E-state index contributed by atoms with van der Waals surface area (Å²) in [4.78, 5) is 36.2. The Morgan fingerprint density at radius 3 is 2.52 bits per heavy atom. The van der Waals surface area contributed by atoms with E-state index in [1.807, 2.05) is 6.92 Å². The lowest BCUT2D eigenvalue weighted by atomic mass is 10.1. The van der Waals surface area contributed by atoms with Gasteiger partial charge in [0.2, 0.25) is 0 Å². The first-order valence-electron chi connectivity index (χ1n) is 7.36. The fourth-order valence-electron chi connectivity index (χ4n) is 2.02. The Morgan fingerprint density at radius 1 is 1.38 bits per heavy atom. The Morgan fingerprint density at radius 2 is 2.05 bits per heavy atom. The summed E-state index contributed by atoms with van der Waals surface area (Å²) in [6.07, 6.45) is 3.80. The number of methoxy groups -OCH3 is 1. The van der Waals surface area contributed by atoms with Gasteiger partial charge in [0.05, 0.1) is 7.11 Å². The average Bonchev–Trinajstić information content (AvgIpc) is 3.27. The largest absolute Gasteiger partial charge is 0.480 e. The van der Waals surface area contributed by atoms with Crippen molar-refractivity contribution in [2.24, 2.45) is 0 Å². The van der Waals surface area contributed by atoms with Gasteiger partial charge in [0, 0.05) is 19.0 Å². The number of nitrogens with one attached hydrogen (secondary N) is 1. The Bertz CT molecular complexity index is 382. The number of carboxylic acid groups (broad SMARTS) is 1. The zero-order valence-corrected chi connectivity index (χ0v) is 12.6. The highest BCUT2D eigenvalue weighted by Gasteiger charge is 2.33. The Labute approximate surface area is 124 Å². The summed E-state index contributed by atoms with van der Waals surface area (Å²) in [5, 5.41) is 11.6. The van der Waals surface area contributed by atoms with Gasteiger partial charge in [-0.05, 0) is 25.7 Å². The van der Waals surface area contributed by atoms with E-state index >= 15 is 0 Å². The SMILES string of the molecule is CCCCN(C(=O)N[C@@H](CCC(=O)OC)C(=O)O)C1CC1. The van der Waals surface area contributed by atoms with E-state index in [0.29, 0.717) is 6.54 Å². The number of carbonyl (C=O) groups is 3. The summed E-state index contributed by atoms with van der Waals surface area (Å²) < 4.78 is 4.48. The molecule has 120 valence electrons. The van der Waals surface area contributed by atoms with Crippen LogP contribution in [0, 0.1) is 0 Å². The third-order valence-electron chi connectivity index (χ3n) is 3.46. The number of esters is 1. The highest BCUT2D eigenvalue weighted by atomic mass is 16.5. The van der Waals surface area contributed by atoms with Crippen LogP contribution >= 0.6 is 0 Å². The van der Waals surface area contributed by atoms with Gasteiger partial charge in [-0.1, -0.05) is 13.3 Å². The number of hydrogen-bond donors (Lipinski definition) is 2. The van der Waals surface area contributed by atoms with Crippen molar-refractivity contribution in [3.05, 3.63) is 0 Å². The number of hydrogen-bond acceptors (Lipinski definition) is 4. The van der Waals surface area contributed by atoms with Gasteiger partial charge in [-0.25, -0.2) is 9.59 Å². The van der Waals surface area contributed by atoms with E-state index in [0.717, 1.165) is 25.7 Å². The minimum absolute atomic E-state index is 0.0278. The van der Waals surface area contributed by atoms with Crippen molar-refractivity contribution >= 4 is 18.0 Å². The first-order chi connectivity index (χ1) is 9.99. The maximum Gasteiger partial charge on any atom is 0.326 e. The number of carboxylic acids is 1. The van der Waals surface area contributed by atoms with E-state index in [1.54, 1.807) is 4.90 Å². The number of rotatable bonds is 9. The van der Waals surface area contributed by atoms with Gasteiger partial charge < -0.3 is 20.1 Å². The van der Waals surface area contributed by atoms with Crippen LogP contribution in [0.2, 0.25) is 0 Å². The molecule has 0 saturated heterocycles. The monoisotopic (exact) mass is 300 g/mol. The molecule has 1 saturated carbocycles. The van der Waals surface area contributed by atoms with Crippen LogP contribution in [0.3, 0.4) is 0 Å². The molecular formula is C14H24N2O5. The van der Waals surface area contributed by atoms with E-state index in [9.17, 15) is 14.4 Å². The number of unbranched alkanes of at least 4 members (excludes halogenated alkanes) is 1. The molecule has 0 unspecified atom stereocenters. The number of ether oxygens (including phenoxy) is 1. The van der Waals surface area contributed by atoms with E-state index < -0.39 is 18.0 Å². The molecule has 0 aromatic rings. The van der Waals surface area contributed by atoms with Crippen molar-refractivity contribution in [2.75, 3.05) is 13.7 Å². The molecule has 1 atom stereocenters. The molecule has 0 spiro atoms. The molecule has 2 N–H and O–H groups in total. The summed E-state index contributed by atoms with van der Waals surface area (Å²) in [7, 11) is 1.25. The minimum Gasteiger partial charge on any atom is -0.480 e. The van der Waals surface area contributed by atoms with Crippen molar-refractivity contribution in [1.82, 2.24) is 10.2 Å². The molecule has 1 rings (SSSR count). The van der Waals surface area contributed by atoms with Crippen LogP contribution in [0.5, 0.6) is 0 Å². The molecule has 7 nitrogen and oxygen atoms in total. The molecular weight excluding hydrogens is 276 g/mol.